The van der Waals surface area contributed by atoms with Gasteiger partial charge in [0.25, 0.3) is 0 Å². The van der Waals surface area contributed by atoms with Crippen LogP contribution in [-0.4, -0.2) is 57.0 Å². The van der Waals surface area contributed by atoms with Crippen LogP contribution in [0.3, 0.4) is 0 Å². The topological polar surface area (TPSA) is 124 Å². The van der Waals surface area contributed by atoms with Gasteiger partial charge >= 0.3 is 17.9 Å². The molecule has 1 saturated carbocycles. The fourth-order valence-corrected chi connectivity index (χ4v) is 1.26. The van der Waals surface area contributed by atoms with Gasteiger partial charge < -0.3 is 15.3 Å². The van der Waals surface area contributed by atoms with Gasteiger partial charge in [0, 0.05) is 0 Å². The highest BCUT2D eigenvalue weighted by Crippen LogP contribution is 2.42. The smallest absolute Gasteiger partial charge is 0.331 e. The van der Waals surface area contributed by atoms with E-state index in [1.807, 2.05) is 0 Å². The van der Waals surface area contributed by atoms with Crippen LogP contribution in [0.15, 0.2) is 0 Å². The lowest BCUT2D eigenvalue weighted by Gasteiger charge is -2.25. The molecule has 8 nitrogen and oxygen atoms in total. The lowest BCUT2D eigenvalue weighted by atomic mass is 10.2. The number of hydrogen-bond acceptors (Lipinski definition) is 5. The highest BCUT2D eigenvalue weighted by molar-refractivity contribution is 5.83. The Kier molecular flexibility index (Phi) is 3.45. The summed E-state index contributed by atoms with van der Waals surface area (Å²) in [7, 11) is 0. The molecule has 0 saturated heterocycles. The van der Waals surface area contributed by atoms with Crippen LogP contribution in [0.4, 0.5) is 0 Å². The van der Waals surface area contributed by atoms with Crippen molar-refractivity contribution in [3.05, 3.63) is 0 Å². The van der Waals surface area contributed by atoms with E-state index in [0.717, 1.165) is 0 Å². The van der Waals surface area contributed by atoms with Crippen LogP contribution in [0.2, 0.25) is 0 Å². The molecule has 0 unspecified atom stereocenters. The van der Waals surface area contributed by atoms with Gasteiger partial charge in [-0.3, -0.25) is 14.4 Å². The largest absolute Gasteiger partial charge is 0.480 e. The van der Waals surface area contributed by atoms with Crippen LogP contribution in [-0.2, 0) is 19.2 Å². The summed E-state index contributed by atoms with van der Waals surface area (Å²) in [6, 6.07) is 0. The van der Waals surface area contributed by atoms with Gasteiger partial charge in [0.05, 0.1) is 0 Å². The quantitative estimate of drug-likeness (QED) is 0.478. The molecule has 90 valence electrons. The maximum atomic E-state index is 10.9. The SMILES string of the molecule is O=C(O)CON(CC(=O)O)C1(C(=O)O)CC1. The van der Waals surface area contributed by atoms with E-state index >= 15 is 0 Å². The minimum Gasteiger partial charge on any atom is -0.480 e. The summed E-state index contributed by atoms with van der Waals surface area (Å²) in [6.07, 6.45) is 0.491. The predicted molar refractivity (Wildman–Crippen MR) is 47.5 cm³/mol. The number of hydrogen-bond donors (Lipinski definition) is 3. The lowest BCUT2D eigenvalue weighted by Crippen LogP contribution is -2.46. The Labute approximate surface area is 90.0 Å². The molecule has 0 bridgehead atoms. The van der Waals surface area contributed by atoms with Gasteiger partial charge in [-0.05, 0) is 12.8 Å². The third-order valence-electron chi connectivity index (χ3n) is 2.22. The molecule has 0 radical (unpaired) electrons. The van der Waals surface area contributed by atoms with Gasteiger partial charge in [-0.15, -0.1) is 0 Å². The maximum absolute atomic E-state index is 10.9. The molecule has 0 spiro atoms. The Hall–Kier alpha value is -1.67. The molecule has 0 aromatic rings. The molecule has 0 aromatic carbocycles. The number of nitrogens with zero attached hydrogens (tertiary/aromatic N) is 1. The van der Waals surface area contributed by atoms with Crippen molar-refractivity contribution in [1.29, 1.82) is 0 Å². The van der Waals surface area contributed by atoms with E-state index in [-0.39, 0.29) is 12.8 Å². The molecule has 0 aromatic heterocycles. The molecule has 1 aliphatic carbocycles. The van der Waals surface area contributed by atoms with Crippen molar-refractivity contribution in [3.63, 3.8) is 0 Å². The van der Waals surface area contributed by atoms with Gasteiger partial charge in [0.15, 0.2) is 6.61 Å². The predicted octanol–water partition coefficient (Wildman–Crippen LogP) is -0.994. The van der Waals surface area contributed by atoms with E-state index < -0.39 is 36.6 Å². The van der Waals surface area contributed by atoms with E-state index in [2.05, 4.69) is 4.84 Å². The number of aliphatic carboxylic acids is 3. The Bertz CT molecular complexity index is 322. The van der Waals surface area contributed by atoms with Crippen molar-refractivity contribution >= 4 is 17.9 Å². The molecule has 0 heterocycles. The zero-order valence-corrected chi connectivity index (χ0v) is 8.25. The van der Waals surface area contributed by atoms with E-state index in [1.165, 1.54) is 0 Å². The minimum absolute atomic E-state index is 0.245. The molecule has 8 heteroatoms. The molecule has 3 N–H and O–H groups in total. The maximum Gasteiger partial charge on any atom is 0.331 e. The third kappa shape index (κ3) is 2.67. The van der Waals surface area contributed by atoms with Crippen molar-refractivity contribution in [1.82, 2.24) is 5.06 Å². The molecule has 1 fully saturated rings. The van der Waals surface area contributed by atoms with E-state index in [1.54, 1.807) is 0 Å². The molecule has 16 heavy (non-hydrogen) atoms. The second-order valence-corrected chi connectivity index (χ2v) is 3.43. The van der Waals surface area contributed by atoms with Crippen LogP contribution in [0.5, 0.6) is 0 Å². The normalized spacial score (nSPS) is 17.1. The minimum atomic E-state index is -1.38. The zero-order valence-electron chi connectivity index (χ0n) is 8.25. The van der Waals surface area contributed by atoms with Gasteiger partial charge in [0.1, 0.15) is 12.1 Å². The van der Waals surface area contributed by atoms with Crippen molar-refractivity contribution in [3.8, 4) is 0 Å². The summed E-state index contributed by atoms with van der Waals surface area (Å²) in [5, 5.41) is 26.5. The van der Waals surface area contributed by atoms with Gasteiger partial charge in [0.2, 0.25) is 0 Å². The molecule has 1 aliphatic rings. The zero-order chi connectivity index (χ0) is 12.3. The van der Waals surface area contributed by atoms with Crippen molar-refractivity contribution in [2.75, 3.05) is 13.2 Å². The van der Waals surface area contributed by atoms with Crippen LogP contribution >= 0.6 is 0 Å². The average molecular weight is 233 g/mol. The van der Waals surface area contributed by atoms with E-state index in [0.29, 0.717) is 5.06 Å². The summed E-state index contributed by atoms with van der Waals surface area (Å²) in [5.74, 6) is -3.78. The Morgan fingerprint density at radius 3 is 2.00 bits per heavy atom. The fourth-order valence-electron chi connectivity index (χ4n) is 1.26. The van der Waals surface area contributed by atoms with Crippen molar-refractivity contribution in [2.24, 2.45) is 0 Å². The number of hydroxylamine groups is 2. The van der Waals surface area contributed by atoms with Gasteiger partial charge in [-0.2, -0.15) is 5.06 Å². The van der Waals surface area contributed by atoms with E-state index in [4.69, 9.17) is 15.3 Å². The molecular weight excluding hydrogens is 222 g/mol. The second kappa shape index (κ2) is 4.45. The first-order valence-electron chi connectivity index (χ1n) is 4.46. The molecule has 0 amide bonds. The monoisotopic (exact) mass is 233 g/mol. The number of rotatable bonds is 7. The summed E-state index contributed by atoms with van der Waals surface area (Å²) in [6.45, 7) is -1.43. The lowest BCUT2D eigenvalue weighted by molar-refractivity contribution is -0.215. The standard InChI is InChI=1S/C8H11NO7/c10-5(11)3-9(16-4-6(12)13)8(1-2-8)7(14)15/h1-4H2,(H,10,11)(H,12,13)(H,14,15). The average Bonchev–Trinajstić information content (AvgIpc) is 2.91. The first-order chi connectivity index (χ1) is 7.38. The molecular formula is C8H11NO7. The first kappa shape index (κ1) is 12.4. The second-order valence-electron chi connectivity index (χ2n) is 3.43. The highest BCUT2D eigenvalue weighted by Gasteiger charge is 2.57. The van der Waals surface area contributed by atoms with Crippen molar-refractivity contribution < 1.29 is 34.5 Å². The van der Waals surface area contributed by atoms with E-state index in [9.17, 15) is 14.4 Å². The van der Waals surface area contributed by atoms with Crippen LogP contribution in [0, 0.1) is 0 Å². The van der Waals surface area contributed by atoms with Crippen molar-refractivity contribution in [2.45, 2.75) is 18.4 Å². The van der Waals surface area contributed by atoms with Gasteiger partial charge in [-0.25, -0.2) is 4.79 Å². The molecule has 0 atom stereocenters. The Balaban J connectivity index is 2.67. The number of carboxylic acids is 3. The first-order valence-corrected chi connectivity index (χ1v) is 4.46. The molecule has 0 aliphatic heterocycles. The van der Waals surface area contributed by atoms with Crippen LogP contribution in [0.1, 0.15) is 12.8 Å². The molecule has 1 rings (SSSR count). The Morgan fingerprint density at radius 1 is 1.12 bits per heavy atom. The fraction of sp³-hybridized carbons (Fsp3) is 0.625. The summed E-state index contributed by atoms with van der Waals surface area (Å²) in [4.78, 5) is 36.3. The van der Waals surface area contributed by atoms with Crippen LogP contribution < -0.4 is 0 Å². The van der Waals surface area contributed by atoms with Crippen LogP contribution in [0.25, 0.3) is 0 Å². The number of carbonyl (C=O) groups is 3. The summed E-state index contributed by atoms with van der Waals surface area (Å²) in [5.41, 5.74) is -1.38. The highest BCUT2D eigenvalue weighted by atomic mass is 16.7. The summed E-state index contributed by atoms with van der Waals surface area (Å²) >= 11 is 0. The third-order valence-corrected chi connectivity index (χ3v) is 2.22. The summed E-state index contributed by atoms with van der Waals surface area (Å²) < 4.78 is 0. The Morgan fingerprint density at radius 2 is 1.69 bits per heavy atom. The number of carboxylic acid groups (broad SMARTS) is 3. The van der Waals surface area contributed by atoms with Gasteiger partial charge in [-0.1, -0.05) is 0 Å².